The Hall–Kier alpha value is -3.11. The Bertz CT molecular complexity index is 1070. The number of benzene rings is 2. The monoisotopic (exact) mass is 433 g/mol. The number of methoxy groups -OCH3 is 1. The zero-order chi connectivity index (χ0) is 21.0. The maximum Gasteiger partial charge on any atom is 0.274 e. The number of aromatic nitrogens is 3. The summed E-state index contributed by atoms with van der Waals surface area (Å²) in [6.07, 6.45) is 0. The van der Waals surface area contributed by atoms with Crippen molar-refractivity contribution in [3.05, 3.63) is 57.1 Å². The smallest absolute Gasteiger partial charge is 0.274 e. The van der Waals surface area contributed by atoms with Crippen molar-refractivity contribution in [1.82, 2.24) is 15.2 Å². The van der Waals surface area contributed by atoms with Crippen LogP contribution in [0.3, 0.4) is 0 Å². The molecule has 0 unspecified atom stereocenters. The summed E-state index contributed by atoms with van der Waals surface area (Å²) in [7, 11) is 1.54. The van der Waals surface area contributed by atoms with Crippen molar-refractivity contribution >= 4 is 40.6 Å². The molecule has 0 aliphatic carbocycles. The average Bonchev–Trinajstić information content (AvgIpc) is 3.16. The summed E-state index contributed by atoms with van der Waals surface area (Å²) in [5.74, 6) is 0.750. The van der Waals surface area contributed by atoms with Crippen LogP contribution in [-0.2, 0) is 4.79 Å². The largest absolute Gasteiger partial charge is 0.496 e. The fourth-order valence-corrected chi connectivity index (χ4v) is 3.34. The second-order valence-corrected chi connectivity index (χ2v) is 7.23. The first-order valence-electron chi connectivity index (χ1n) is 8.32. The molecular weight excluding hydrogens is 418 g/mol. The minimum Gasteiger partial charge on any atom is -0.496 e. The minimum absolute atomic E-state index is 0.0338. The molecule has 3 aromatic rings. The van der Waals surface area contributed by atoms with Gasteiger partial charge in [-0.2, -0.15) is 0 Å². The van der Waals surface area contributed by atoms with E-state index in [-0.39, 0.29) is 17.3 Å². The van der Waals surface area contributed by atoms with Crippen molar-refractivity contribution < 1.29 is 14.5 Å². The normalized spacial score (nSPS) is 10.6. The first-order chi connectivity index (χ1) is 13.9. The summed E-state index contributed by atoms with van der Waals surface area (Å²) in [6.45, 7) is 1.58. The number of ether oxygens (including phenoxy) is 1. The number of aromatic amines is 1. The molecule has 2 N–H and O–H groups in total. The highest BCUT2D eigenvalue weighted by atomic mass is 35.5. The summed E-state index contributed by atoms with van der Waals surface area (Å²) in [5.41, 5.74) is 1.38. The number of nitro groups is 1. The fourth-order valence-electron chi connectivity index (χ4n) is 2.57. The number of nitrogens with one attached hydrogen (secondary N) is 2. The first kappa shape index (κ1) is 20.6. The van der Waals surface area contributed by atoms with Gasteiger partial charge in [0, 0.05) is 11.1 Å². The Morgan fingerprint density at radius 1 is 1.38 bits per heavy atom. The van der Waals surface area contributed by atoms with Crippen LogP contribution in [0, 0.1) is 17.0 Å². The van der Waals surface area contributed by atoms with Crippen LogP contribution in [0.4, 0.5) is 11.4 Å². The average molecular weight is 434 g/mol. The molecule has 1 aromatic heterocycles. The molecule has 0 atom stereocenters. The molecule has 11 heteroatoms. The lowest BCUT2D eigenvalue weighted by molar-refractivity contribution is -0.385. The van der Waals surface area contributed by atoms with Crippen LogP contribution >= 0.6 is 23.4 Å². The van der Waals surface area contributed by atoms with Crippen LogP contribution < -0.4 is 10.1 Å². The molecular formula is C18H16ClN5O4S. The van der Waals surface area contributed by atoms with Gasteiger partial charge in [0.1, 0.15) is 5.75 Å². The van der Waals surface area contributed by atoms with Gasteiger partial charge in [-0.3, -0.25) is 20.0 Å². The number of hydrogen-bond acceptors (Lipinski definition) is 7. The summed E-state index contributed by atoms with van der Waals surface area (Å²) in [6, 6.07) is 9.65. The van der Waals surface area contributed by atoms with E-state index < -0.39 is 4.92 Å². The summed E-state index contributed by atoms with van der Waals surface area (Å²) in [4.78, 5) is 27.1. The van der Waals surface area contributed by atoms with E-state index in [2.05, 4.69) is 20.5 Å². The Balaban J connectivity index is 1.66. The molecule has 0 radical (unpaired) electrons. The molecule has 0 bridgehead atoms. The van der Waals surface area contributed by atoms with E-state index in [4.69, 9.17) is 16.3 Å². The van der Waals surface area contributed by atoms with Gasteiger partial charge in [-0.25, -0.2) is 4.98 Å². The van der Waals surface area contributed by atoms with Crippen LogP contribution in [-0.4, -0.2) is 38.9 Å². The van der Waals surface area contributed by atoms with Crippen molar-refractivity contribution in [3.8, 4) is 17.1 Å². The van der Waals surface area contributed by atoms with Gasteiger partial charge in [0.2, 0.25) is 11.1 Å². The van der Waals surface area contributed by atoms with Gasteiger partial charge >= 0.3 is 0 Å². The van der Waals surface area contributed by atoms with E-state index in [0.717, 1.165) is 11.8 Å². The molecule has 2 aromatic carbocycles. The number of rotatable bonds is 7. The van der Waals surface area contributed by atoms with E-state index in [1.54, 1.807) is 38.3 Å². The third kappa shape index (κ3) is 4.84. The highest BCUT2D eigenvalue weighted by Crippen LogP contribution is 2.31. The SMILES string of the molecule is COc1ccc(Cl)cc1-c1nc(SCC(=O)Nc2cccc([N+](=O)[O-])c2C)n[nH]1. The summed E-state index contributed by atoms with van der Waals surface area (Å²) < 4.78 is 5.30. The molecule has 3 rings (SSSR count). The van der Waals surface area contributed by atoms with Gasteiger partial charge in [0.25, 0.3) is 5.69 Å². The molecule has 0 fully saturated rings. The summed E-state index contributed by atoms with van der Waals surface area (Å²) >= 11 is 7.16. The molecule has 0 aliphatic heterocycles. The van der Waals surface area contributed by atoms with Crippen molar-refractivity contribution in [2.45, 2.75) is 12.1 Å². The Kier molecular flexibility index (Phi) is 6.35. The predicted molar refractivity (Wildman–Crippen MR) is 111 cm³/mol. The lowest BCUT2D eigenvalue weighted by Gasteiger charge is -2.07. The molecule has 0 saturated carbocycles. The maximum absolute atomic E-state index is 12.2. The number of amides is 1. The van der Waals surface area contributed by atoms with Crippen molar-refractivity contribution in [2.75, 3.05) is 18.2 Å². The number of nitro benzene ring substituents is 1. The van der Waals surface area contributed by atoms with Crippen LogP contribution in [0.5, 0.6) is 5.75 Å². The van der Waals surface area contributed by atoms with Crippen LogP contribution in [0.25, 0.3) is 11.4 Å². The molecule has 0 spiro atoms. The minimum atomic E-state index is -0.487. The molecule has 29 heavy (non-hydrogen) atoms. The molecule has 0 saturated heterocycles. The van der Waals surface area contributed by atoms with Crippen molar-refractivity contribution in [3.63, 3.8) is 0 Å². The number of anilines is 1. The molecule has 0 aliphatic rings. The van der Waals surface area contributed by atoms with E-state index in [1.807, 2.05) is 0 Å². The van der Waals surface area contributed by atoms with E-state index >= 15 is 0 Å². The first-order valence-corrected chi connectivity index (χ1v) is 9.68. The second kappa shape index (κ2) is 8.93. The quantitative estimate of drug-likeness (QED) is 0.327. The topological polar surface area (TPSA) is 123 Å². The second-order valence-electron chi connectivity index (χ2n) is 5.85. The molecule has 9 nitrogen and oxygen atoms in total. The van der Waals surface area contributed by atoms with Crippen molar-refractivity contribution in [1.29, 1.82) is 0 Å². The van der Waals surface area contributed by atoms with Crippen LogP contribution in [0.15, 0.2) is 41.6 Å². The lowest BCUT2D eigenvalue weighted by Crippen LogP contribution is -2.15. The number of halogens is 1. The highest BCUT2D eigenvalue weighted by molar-refractivity contribution is 7.99. The van der Waals surface area contributed by atoms with Gasteiger partial charge in [-0.15, -0.1) is 5.10 Å². The Morgan fingerprint density at radius 2 is 2.17 bits per heavy atom. The zero-order valence-electron chi connectivity index (χ0n) is 15.4. The molecule has 1 amide bonds. The number of H-pyrrole nitrogens is 1. The highest BCUT2D eigenvalue weighted by Gasteiger charge is 2.16. The van der Waals surface area contributed by atoms with Gasteiger partial charge in [-0.05, 0) is 31.2 Å². The predicted octanol–water partition coefficient (Wildman–Crippen LogP) is 4.08. The fraction of sp³-hybridized carbons (Fsp3) is 0.167. The van der Waals surface area contributed by atoms with Gasteiger partial charge < -0.3 is 10.1 Å². The van der Waals surface area contributed by atoms with Crippen LogP contribution in [0.1, 0.15) is 5.56 Å². The third-order valence-electron chi connectivity index (χ3n) is 3.99. The zero-order valence-corrected chi connectivity index (χ0v) is 17.0. The number of carbonyl (C=O) groups is 1. The Labute approximate surface area is 175 Å². The number of hydrogen-bond donors (Lipinski definition) is 2. The lowest BCUT2D eigenvalue weighted by atomic mass is 10.1. The number of thioether (sulfide) groups is 1. The van der Waals surface area contributed by atoms with Crippen LogP contribution in [0.2, 0.25) is 5.02 Å². The molecule has 150 valence electrons. The van der Waals surface area contributed by atoms with E-state index in [1.165, 1.54) is 12.1 Å². The van der Waals surface area contributed by atoms with E-state index in [9.17, 15) is 14.9 Å². The van der Waals surface area contributed by atoms with Gasteiger partial charge in [0.05, 0.1) is 34.6 Å². The standard InChI is InChI=1S/C18H16ClN5O4S/c1-10-13(4-3-5-14(10)24(26)27)20-16(25)9-29-18-21-17(22-23-18)12-8-11(19)6-7-15(12)28-2/h3-8H,9H2,1-2H3,(H,20,25)(H,21,22,23). The third-order valence-corrected chi connectivity index (χ3v) is 5.07. The van der Waals surface area contributed by atoms with Gasteiger partial charge in [-0.1, -0.05) is 29.4 Å². The maximum atomic E-state index is 12.2. The molecule has 1 heterocycles. The van der Waals surface area contributed by atoms with Crippen molar-refractivity contribution in [2.24, 2.45) is 0 Å². The number of nitrogens with zero attached hydrogens (tertiary/aromatic N) is 3. The number of carbonyl (C=O) groups excluding carboxylic acids is 1. The summed E-state index contributed by atoms with van der Waals surface area (Å²) in [5, 5.41) is 21.5. The van der Waals surface area contributed by atoms with E-state index in [0.29, 0.717) is 38.6 Å². The van der Waals surface area contributed by atoms with Gasteiger partial charge in [0.15, 0.2) is 5.82 Å². The Morgan fingerprint density at radius 3 is 2.90 bits per heavy atom.